The van der Waals surface area contributed by atoms with Crippen LogP contribution in [0.2, 0.25) is 4.34 Å². The highest BCUT2D eigenvalue weighted by atomic mass is 35.5. The molecule has 98 valence electrons. The van der Waals surface area contributed by atoms with Crippen LogP contribution in [0.1, 0.15) is 31.1 Å². The van der Waals surface area contributed by atoms with E-state index >= 15 is 0 Å². The fourth-order valence-corrected chi connectivity index (χ4v) is 2.29. The van der Waals surface area contributed by atoms with Crippen LogP contribution < -0.4 is 0 Å². The smallest absolute Gasteiger partial charge is 0.138 e. The number of halogens is 1. The van der Waals surface area contributed by atoms with Crippen molar-refractivity contribution < 1.29 is 4.42 Å². The summed E-state index contributed by atoms with van der Waals surface area (Å²) in [4.78, 5) is 2.25. The predicted octanol–water partition coefficient (Wildman–Crippen LogP) is 3.50. The first-order valence-electron chi connectivity index (χ1n) is 5.82. The average molecular weight is 286 g/mol. The topological polar surface area (TPSA) is 42.2 Å². The van der Waals surface area contributed by atoms with E-state index in [1.165, 1.54) is 11.5 Å². The number of aromatic nitrogens is 2. The van der Waals surface area contributed by atoms with Crippen molar-refractivity contribution in [1.29, 1.82) is 0 Å². The van der Waals surface area contributed by atoms with E-state index in [-0.39, 0.29) is 0 Å². The van der Waals surface area contributed by atoms with Gasteiger partial charge in [0.1, 0.15) is 21.6 Å². The maximum atomic E-state index is 6.04. The van der Waals surface area contributed by atoms with Gasteiger partial charge in [0.25, 0.3) is 0 Å². The maximum absolute atomic E-state index is 6.04. The molecule has 0 fully saturated rings. The summed E-state index contributed by atoms with van der Waals surface area (Å²) < 4.78 is 10.1. The molecule has 0 spiro atoms. The first kappa shape index (κ1) is 13.5. The lowest BCUT2D eigenvalue weighted by molar-refractivity contribution is 0.184. The van der Waals surface area contributed by atoms with Crippen LogP contribution >= 0.6 is 23.1 Å². The van der Waals surface area contributed by atoms with Gasteiger partial charge >= 0.3 is 0 Å². The molecule has 6 heteroatoms. The van der Waals surface area contributed by atoms with E-state index in [1.54, 1.807) is 0 Å². The van der Waals surface area contributed by atoms with Crippen LogP contribution in [0.5, 0.6) is 0 Å². The van der Waals surface area contributed by atoms with E-state index < -0.39 is 0 Å². The van der Waals surface area contributed by atoms with Crippen molar-refractivity contribution in [2.45, 2.75) is 39.9 Å². The average Bonchev–Trinajstić information content (AvgIpc) is 2.88. The third-order valence-corrected chi connectivity index (χ3v) is 3.73. The minimum atomic E-state index is 0.383. The summed E-state index contributed by atoms with van der Waals surface area (Å²) in [5.41, 5.74) is 0.832. The van der Waals surface area contributed by atoms with Gasteiger partial charge in [0.15, 0.2) is 0 Å². The molecule has 0 aromatic carbocycles. The molecule has 18 heavy (non-hydrogen) atoms. The van der Waals surface area contributed by atoms with Gasteiger partial charge in [0.05, 0.1) is 6.54 Å². The third-order valence-electron chi connectivity index (χ3n) is 2.75. The van der Waals surface area contributed by atoms with Gasteiger partial charge in [-0.25, -0.2) is 0 Å². The minimum Gasteiger partial charge on any atom is -0.465 e. The van der Waals surface area contributed by atoms with E-state index in [0.29, 0.717) is 16.9 Å². The lowest BCUT2D eigenvalue weighted by Gasteiger charge is -2.24. The third kappa shape index (κ3) is 3.31. The highest BCUT2D eigenvalue weighted by molar-refractivity contribution is 7.10. The summed E-state index contributed by atoms with van der Waals surface area (Å²) in [5.74, 6) is 1.89. The van der Waals surface area contributed by atoms with Gasteiger partial charge in [0, 0.05) is 24.1 Å². The number of nitrogens with zero attached hydrogens (tertiary/aromatic N) is 3. The first-order chi connectivity index (χ1) is 8.56. The van der Waals surface area contributed by atoms with Crippen LogP contribution in [0.4, 0.5) is 0 Å². The monoisotopic (exact) mass is 285 g/mol. The second-order valence-corrected chi connectivity index (χ2v) is 5.86. The minimum absolute atomic E-state index is 0.383. The van der Waals surface area contributed by atoms with Crippen LogP contribution in [0.15, 0.2) is 16.5 Å². The van der Waals surface area contributed by atoms with E-state index in [0.717, 1.165) is 23.8 Å². The fraction of sp³-hybridized carbons (Fsp3) is 0.500. The van der Waals surface area contributed by atoms with E-state index in [2.05, 4.69) is 28.3 Å². The summed E-state index contributed by atoms with van der Waals surface area (Å²) in [6.07, 6.45) is 0. The Morgan fingerprint density at radius 2 is 2.17 bits per heavy atom. The Bertz CT molecular complexity index is 509. The molecule has 0 atom stereocenters. The molecule has 0 saturated heterocycles. The van der Waals surface area contributed by atoms with Gasteiger partial charge in [-0.3, -0.25) is 4.90 Å². The summed E-state index contributed by atoms with van der Waals surface area (Å²) in [6.45, 7) is 7.67. The lowest BCUT2D eigenvalue weighted by Crippen LogP contribution is -2.29. The quantitative estimate of drug-likeness (QED) is 0.843. The number of hydrogen-bond donors (Lipinski definition) is 0. The molecule has 0 amide bonds. The van der Waals surface area contributed by atoms with E-state index in [4.69, 9.17) is 16.0 Å². The summed E-state index contributed by atoms with van der Waals surface area (Å²) in [6, 6.07) is 4.37. The van der Waals surface area contributed by atoms with E-state index in [1.807, 2.05) is 19.1 Å². The fourth-order valence-electron chi connectivity index (χ4n) is 1.68. The Balaban J connectivity index is 2.07. The molecule has 2 heterocycles. The summed E-state index contributed by atoms with van der Waals surface area (Å²) in [7, 11) is 0. The first-order valence-corrected chi connectivity index (χ1v) is 6.97. The molecule has 0 unspecified atom stereocenters. The number of aryl methyl sites for hydroxylation is 1. The van der Waals surface area contributed by atoms with Crippen molar-refractivity contribution in [3.8, 4) is 0 Å². The summed E-state index contributed by atoms with van der Waals surface area (Å²) >= 11 is 7.26. The Morgan fingerprint density at radius 1 is 1.39 bits per heavy atom. The molecule has 0 aliphatic heterocycles. The molecule has 4 nitrogen and oxygen atoms in total. The second-order valence-electron chi connectivity index (χ2n) is 4.50. The normalized spacial score (nSPS) is 11.7. The highest BCUT2D eigenvalue weighted by Crippen LogP contribution is 2.21. The molecular weight excluding hydrogens is 270 g/mol. The molecule has 0 N–H and O–H groups in total. The van der Waals surface area contributed by atoms with Crippen LogP contribution in [-0.4, -0.2) is 20.5 Å². The molecule has 2 rings (SSSR count). The Kier molecular flexibility index (Phi) is 4.37. The van der Waals surface area contributed by atoms with Gasteiger partial charge in [-0.05, 0) is 32.9 Å². The van der Waals surface area contributed by atoms with Crippen molar-refractivity contribution in [3.63, 3.8) is 0 Å². The van der Waals surface area contributed by atoms with Crippen molar-refractivity contribution in [2.24, 2.45) is 0 Å². The van der Waals surface area contributed by atoms with Gasteiger partial charge in [-0.2, -0.15) is 0 Å². The van der Waals surface area contributed by atoms with Crippen LogP contribution in [-0.2, 0) is 13.1 Å². The van der Waals surface area contributed by atoms with Crippen LogP contribution in [0.3, 0.4) is 0 Å². The Hall–Kier alpha value is -0.910. The lowest BCUT2D eigenvalue weighted by atomic mass is 10.2. The number of hydrogen-bond acceptors (Lipinski definition) is 5. The zero-order valence-corrected chi connectivity index (χ0v) is 12.3. The van der Waals surface area contributed by atoms with Gasteiger partial charge < -0.3 is 4.42 Å². The zero-order chi connectivity index (χ0) is 13.1. The van der Waals surface area contributed by atoms with Crippen LogP contribution in [0.25, 0.3) is 0 Å². The summed E-state index contributed by atoms with van der Waals surface area (Å²) in [5, 5.41) is 4.05. The predicted molar refractivity (Wildman–Crippen MR) is 72.7 cm³/mol. The molecular formula is C12H16ClN3OS. The van der Waals surface area contributed by atoms with Gasteiger partial charge in [0.2, 0.25) is 0 Å². The molecule has 0 aliphatic rings. The van der Waals surface area contributed by atoms with Crippen LogP contribution in [0, 0.1) is 6.92 Å². The van der Waals surface area contributed by atoms with Crippen molar-refractivity contribution in [3.05, 3.63) is 33.7 Å². The SMILES string of the molecule is Cc1ccc(CN(Cc2nnsc2Cl)C(C)C)o1. The van der Waals surface area contributed by atoms with Gasteiger partial charge in [-0.1, -0.05) is 16.1 Å². The standard InChI is InChI=1S/C12H16ClN3OS/c1-8(2)16(6-10-5-4-9(3)17-10)7-11-12(13)18-15-14-11/h4-5,8H,6-7H2,1-3H3. The molecule has 2 aromatic rings. The maximum Gasteiger partial charge on any atom is 0.138 e. The number of furan rings is 1. The number of rotatable bonds is 5. The molecule has 0 aliphatic carbocycles. The molecule has 0 bridgehead atoms. The Labute approximate surface area is 116 Å². The van der Waals surface area contributed by atoms with Crippen molar-refractivity contribution >= 4 is 23.1 Å². The van der Waals surface area contributed by atoms with Crippen molar-refractivity contribution in [1.82, 2.24) is 14.5 Å². The second kappa shape index (κ2) is 5.82. The molecule has 2 aromatic heterocycles. The Morgan fingerprint density at radius 3 is 2.67 bits per heavy atom. The zero-order valence-electron chi connectivity index (χ0n) is 10.7. The van der Waals surface area contributed by atoms with E-state index in [9.17, 15) is 0 Å². The highest BCUT2D eigenvalue weighted by Gasteiger charge is 2.16. The van der Waals surface area contributed by atoms with Gasteiger partial charge in [-0.15, -0.1) is 5.10 Å². The largest absolute Gasteiger partial charge is 0.465 e. The molecule has 0 radical (unpaired) electrons. The van der Waals surface area contributed by atoms with Crippen molar-refractivity contribution in [2.75, 3.05) is 0 Å². The molecule has 0 saturated carbocycles.